The second kappa shape index (κ2) is 4.62. The van der Waals surface area contributed by atoms with Gasteiger partial charge in [-0.15, -0.1) is 0 Å². The summed E-state index contributed by atoms with van der Waals surface area (Å²) in [6, 6.07) is 12.3. The van der Waals surface area contributed by atoms with E-state index in [0.717, 1.165) is 23.1 Å². The van der Waals surface area contributed by atoms with E-state index < -0.39 is 0 Å². The molecule has 0 spiro atoms. The van der Waals surface area contributed by atoms with Gasteiger partial charge in [0, 0.05) is 5.33 Å². The molecular weight excluding hydrogens is 252 g/mol. The van der Waals surface area contributed by atoms with E-state index in [9.17, 15) is 0 Å². The van der Waals surface area contributed by atoms with Gasteiger partial charge in [-0.05, 0) is 24.6 Å². The highest BCUT2D eigenvalue weighted by Crippen LogP contribution is 2.15. The van der Waals surface area contributed by atoms with E-state index in [4.69, 9.17) is 0 Å². The second-order valence-corrected chi connectivity index (χ2v) is 3.92. The summed E-state index contributed by atoms with van der Waals surface area (Å²) in [6.07, 6.45) is 0.972. The van der Waals surface area contributed by atoms with Gasteiger partial charge in [0.2, 0.25) is 0 Å². The lowest BCUT2D eigenvalue weighted by Gasteiger charge is -2.04. The van der Waals surface area contributed by atoms with Crippen LogP contribution >= 0.6 is 15.9 Å². The summed E-state index contributed by atoms with van der Waals surface area (Å²) in [4.78, 5) is 0. The molecule has 2 nitrogen and oxygen atoms in total. The molecule has 1 aromatic carbocycles. The van der Waals surface area contributed by atoms with Gasteiger partial charge in [0.25, 0.3) is 0 Å². The molecule has 3 heteroatoms. The molecule has 0 unspecified atom stereocenters. The van der Waals surface area contributed by atoms with Crippen LogP contribution in [-0.4, -0.2) is 9.78 Å². The number of aryl methyl sites for hydroxylation is 1. The van der Waals surface area contributed by atoms with Crippen LogP contribution in [0.2, 0.25) is 0 Å². The molecule has 0 radical (unpaired) electrons. The number of halogens is 1. The molecule has 0 fully saturated rings. The normalized spacial score (nSPS) is 10.5. The molecule has 0 N–H and O–H groups in total. The van der Waals surface area contributed by atoms with E-state index >= 15 is 0 Å². The topological polar surface area (TPSA) is 17.8 Å². The predicted molar refractivity (Wildman–Crippen MR) is 65.6 cm³/mol. The quantitative estimate of drug-likeness (QED) is 0.778. The molecule has 2 aromatic rings. The number of alkyl halides is 1. The third-order valence-corrected chi connectivity index (χ3v) is 2.91. The highest BCUT2D eigenvalue weighted by atomic mass is 79.9. The number of benzene rings is 1. The van der Waals surface area contributed by atoms with Crippen molar-refractivity contribution in [3.8, 4) is 5.69 Å². The summed E-state index contributed by atoms with van der Waals surface area (Å²) in [5.41, 5.74) is 3.44. The maximum atomic E-state index is 4.56. The van der Waals surface area contributed by atoms with Crippen LogP contribution in [0.1, 0.15) is 18.3 Å². The van der Waals surface area contributed by atoms with Crippen LogP contribution in [0.4, 0.5) is 0 Å². The third-order valence-electron chi connectivity index (χ3n) is 2.33. The van der Waals surface area contributed by atoms with Crippen LogP contribution in [0, 0.1) is 0 Å². The van der Waals surface area contributed by atoms with Gasteiger partial charge in [-0.25, -0.2) is 4.68 Å². The average molecular weight is 265 g/mol. The van der Waals surface area contributed by atoms with Gasteiger partial charge in [0.15, 0.2) is 0 Å². The van der Waals surface area contributed by atoms with Crippen LogP contribution in [0.15, 0.2) is 36.4 Å². The fourth-order valence-corrected chi connectivity index (χ4v) is 1.94. The fraction of sp³-hybridized carbons (Fsp3) is 0.250. The first-order valence-electron chi connectivity index (χ1n) is 5.04. The number of para-hydroxylation sites is 1. The summed E-state index contributed by atoms with van der Waals surface area (Å²) >= 11 is 3.49. The predicted octanol–water partition coefficient (Wildman–Crippen LogP) is 3.33. The molecule has 0 bridgehead atoms. The Morgan fingerprint density at radius 1 is 1.27 bits per heavy atom. The van der Waals surface area contributed by atoms with E-state index in [2.05, 4.69) is 46.2 Å². The van der Waals surface area contributed by atoms with Crippen molar-refractivity contribution in [3.05, 3.63) is 47.8 Å². The molecule has 0 atom stereocenters. The van der Waals surface area contributed by atoms with Crippen molar-refractivity contribution in [1.82, 2.24) is 9.78 Å². The Bertz CT molecular complexity index is 434. The molecule has 15 heavy (non-hydrogen) atoms. The maximum Gasteiger partial charge on any atom is 0.0649 e. The van der Waals surface area contributed by atoms with Crippen LogP contribution in [0.3, 0.4) is 0 Å². The zero-order chi connectivity index (χ0) is 10.7. The van der Waals surface area contributed by atoms with Gasteiger partial charge in [-0.2, -0.15) is 5.10 Å². The Hall–Kier alpha value is -1.09. The Balaban J connectivity index is 2.47. The van der Waals surface area contributed by atoms with Crippen molar-refractivity contribution in [2.45, 2.75) is 18.7 Å². The van der Waals surface area contributed by atoms with E-state index in [1.54, 1.807) is 0 Å². The molecule has 0 aliphatic heterocycles. The Kier molecular flexibility index (Phi) is 3.21. The first kappa shape index (κ1) is 10.4. The highest BCUT2D eigenvalue weighted by molar-refractivity contribution is 9.08. The minimum atomic E-state index is 0.828. The largest absolute Gasteiger partial charge is 0.237 e. The van der Waals surface area contributed by atoms with Crippen molar-refractivity contribution >= 4 is 15.9 Å². The summed E-state index contributed by atoms with van der Waals surface area (Å²) < 4.78 is 1.99. The summed E-state index contributed by atoms with van der Waals surface area (Å²) in [5, 5.41) is 5.38. The molecule has 78 valence electrons. The molecule has 0 amide bonds. The lowest BCUT2D eigenvalue weighted by molar-refractivity contribution is 0.815. The van der Waals surface area contributed by atoms with Crippen LogP contribution < -0.4 is 0 Å². The average Bonchev–Trinajstić information content (AvgIpc) is 2.73. The van der Waals surface area contributed by atoms with Gasteiger partial charge >= 0.3 is 0 Å². The van der Waals surface area contributed by atoms with Crippen molar-refractivity contribution in [1.29, 1.82) is 0 Å². The minimum Gasteiger partial charge on any atom is -0.237 e. The van der Waals surface area contributed by atoms with Crippen LogP contribution in [-0.2, 0) is 11.8 Å². The van der Waals surface area contributed by atoms with Crippen molar-refractivity contribution in [2.75, 3.05) is 0 Å². The molecular formula is C12H13BrN2. The van der Waals surface area contributed by atoms with Gasteiger partial charge < -0.3 is 0 Å². The molecule has 0 saturated carbocycles. The zero-order valence-corrected chi connectivity index (χ0v) is 10.2. The van der Waals surface area contributed by atoms with Gasteiger partial charge in [-0.1, -0.05) is 41.1 Å². The molecule has 1 aromatic heterocycles. The summed E-state index contributed by atoms with van der Waals surface area (Å²) in [7, 11) is 0. The summed E-state index contributed by atoms with van der Waals surface area (Å²) in [6.45, 7) is 2.12. The zero-order valence-electron chi connectivity index (χ0n) is 8.65. The Morgan fingerprint density at radius 2 is 2.00 bits per heavy atom. The standard InChI is InChI=1S/C12H13BrN2/c1-2-10-8-12(9-13)15(14-10)11-6-4-3-5-7-11/h3-8H,2,9H2,1H3. The lowest BCUT2D eigenvalue weighted by Crippen LogP contribution is -2.00. The SMILES string of the molecule is CCc1cc(CBr)n(-c2ccccc2)n1. The Labute approximate surface area is 98.1 Å². The first-order chi connectivity index (χ1) is 7.35. The number of rotatable bonds is 3. The summed E-state index contributed by atoms with van der Waals surface area (Å²) in [5.74, 6) is 0. The molecule has 0 aliphatic carbocycles. The van der Waals surface area contributed by atoms with E-state index in [1.165, 1.54) is 5.69 Å². The van der Waals surface area contributed by atoms with Gasteiger partial charge in [-0.3, -0.25) is 0 Å². The van der Waals surface area contributed by atoms with Crippen molar-refractivity contribution in [2.24, 2.45) is 0 Å². The third kappa shape index (κ3) is 2.12. The van der Waals surface area contributed by atoms with E-state index in [0.29, 0.717) is 0 Å². The van der Waals surface area contributed by atoms with Crippen molar-refractivity contribution < 1.29 is 0 Å². The second-order valence-electron chi connectivity index (χ2n) is 3.36. The van der Waals surface area contributed by atoms with Gasteiger partial charge in [0.1, 0.15) is 0 Å². The molecule has 0 aliphatic rings. The first-order valence-corrected chi connectivity index (χ1v) is 6.16. The fourth-order valence-electron chi connectivity index (χ4n) is 1.54. The number of aromatic nitrogens is 2. The maximum absolute atomic E-state index is 4.56. The minimum absolute atomic E-state index is 0.828. The van der Waals surface area contributed by atoms with Gasteiger partial charge in [0.05, 0.1) is 17.1 Å². The van der Waals surface area contributed by atoms with Crippen molar-refractivity contribution in [3.63, 3.8) is 0 Å². The molecule has 1 heterocycles. The van der Waals surface area contributed by atoms with Crippen LogP contribution in [0.5, 0.6) is 0 Å². The number of hydrogen-bond acceptors (Lipinski definition) is 1. The van der Waals surface area contributed by atoms with E-state index in [-0.39, 0.29) is 0 Å². The highest BCUT2D eigenvalue weighted by Gasteiger charge is 2.06. The number of hydrogen-bond donors (Lipinski definition) is 0. The monoisotopic (exact) mass is 264 g/mol. The lowest BCUT2D eigenvalue weighted by atomic mass is 10.3. The Morgan fingerprint density at radius 3 is 2.60 bits per heavy atom. The molecule has 0 saturated heterocycles. The van der Waals surface area contributed by atoms with Crippen LogP contribution in [0.25, 0.3) is 5.69 Å². The molecule has 2 rings (SSSR count). The number of nitrogens with zero attached hydrogens (tertiary/aromatic N) is 2. The smallest absolute Gasteiger partial charge is 0.0649 e. The van der Waals surface area contributed by atoms with E-state index in [1.807, 2.05) is 22.9 Å².